The molecule has 8 heteroatoms. The first-order valence-corrected chi connectivity index (χ1v) is 10.4. The van der Waals surface area contributed by atoms with E-state index in [-0.39, 0.29) is 25.6 Å². The highest BCUT2D eigenvalue weighted by molar-refractivity contribution is 5.95. The number of benzene rings is 2. The van der Waals surface area contributed by atoms with Gasteiger partial charge in [0.2, 0.25) is 5.91 Å². The van der Waals surface area contributed by atoms with E-state index in [1.54, 1.807) is 18.9 Å². The lowest BCUT2D eigenvalue weighted by atomic mass is 9.95. The van der Waals surface area contributed by atoms with E-state index in [0.717, 1.165) is 11.1 Å². The van der Waals surface area contributed by atoms with E-state index in [1.807, 2.05) is 61.5 Å². The van der Waals surface area contributed by atoms with Crippen LogP contribution in [0.4, 0.5) is 10.5 Å². The van der Waals surface area contributed by atoms with Crippen LogP contribution in [0.2, 0.25) is 0 Å². The lowest BCUT2D eigenvalue weighted by molar-refractivity contribution is -0.139. The van der Waals surface area contributed by atoms with Crippen LogP contribution in [-0.2, 0) is 14.3 Å². The van der Waals surface area contributed by atoms with Crippen LogP contribution in [0.25, 0.3) is 0 Å². The van der Waals surface area contributed by atoms with Crippen LogP contribution in [0.1, 0.15) is 24.1 Å². The molecule has 0 spiro atoms. The highest BCUT2D eigenvalue weighted by Crippen LogP contribution is 2.28. The van der Waals surface area contributed by atoms with E-state index < -0.39 is 18.0 Å². The first-order chi connectivity index (χ1) is 15.4. The summed E-state index contributed by atoms with van der Waals surface area (Å²) in [6.45, 7) is 4.18. The number of amides is 3. The molecule has 0 saturated carbocycles. The van der Waals surface area contributed by atoms with Gasteiger partial charge in [0.25, 0.3) is 0 Å². The van der Waals surface area contributed by atoms with Crippen LogP contribution in [0, 0.1) is 6.92 Å². The number of rotatable bonds is 8. The molecule has 168 valence electrons. The molecular formula is C24H28N4O4. The summed E-state index contributed by atoms with van der Waals surface area (Å²) >= 11 is 0. The molecule has 8 nitrogen and oxygen atoms in total. The van der Waals surface area contributed by atoms with Crippen molar-refractivity contribution in [1.29, 1.82) is 0 Å². The summed E-state index contributed by atoms with van der Waals surface area (Å²) in [6, 6.07) is 15.7. The third-order valence-corrected chi connectivity index (χ3v) is 4.96. The molecule has 1 heterocycles. The van der Waals surface area contributed by atoms with Crippen LogP contribution in [0.5, 0.6) is 0 Å². The molecule has 2 aromatic rings. The number of hydrogen-bond acceptors (Lipinski definition) is 5. The summed E-state index contributed by atoms with van der Waals surface area (Å²) in [6.07, 6.45) is 0. The van der Waals surface area contributed by atoms with Crippen molar-refractivity contribution in [3.8, 4) is 0 Å². The standard InChI is InChI=1S/C24H28N4O4/c1-4-32-23(30)21-19(26-24(31)27-22(21)17-8-6-5-7-9-17)14-28(3)15-20(29)25-18-12-10-16(2)11-13-18/h5-13,22H,4,14-15H2,1-3H3,(H,25,29)(H2,26,27,31). The van der Waals surface area contributed by atoms with Gasteiger partial charge >= 0.3 is 12.0 Å². The zero-order chi connectivity index (χ0) is 23.1. The van der Waals surface area contributed by atoms with Crippen molar-refractivity contribution < 1.29 is 19.1 Å². The number of hydrogen-bond donors (Lipinski definition) is 3. The Bertz CT molecular complexity index is 1000. The van der Waals surface area contributed by atoms with Gasteiger partial charge in [-0.15, -0.1) is 0 Å². The molecule has 3 N–H and O–H groups in total. The number of anilines is 1. The van der Waals surface area contributed by atoms with E-state index in [9.17, 15) is 14.4 Å². The smallest absolute Gasteiger partial charge is 0.338 e. The molecule has 1 atom stereocenters. The van der Waals surface area contributed by atoms with E-state index in [0.29, 0.717) is 17.0 Å². The first-order valence-electron chi connectivity index (χ1n) is 10.4. The van der Waals surface area contributed by atoms with Gasteiger partial charge in [0.05, 0.1) is 24.8 Å². The number of urea groups is 1. The van der Waals surface area contributed by atoms with Gasteiger partial charge in [0.1, 0.15) is 0 Å². The molecule has 0 bridgehead atoms. The van der Waals surface area contributed by atoms with Gasteiger partial charge in [-0.3, -0.25) is 9.69 Å². The number of esters is 1. The zero-order valence-corrected chi connectivity index (χ0v) is 18.5. The molecule has 3 amide bonds. The Labute approximate surface area is 187 Å². The summed E-state index contributed by atoms with van der Waals surface area (Å²) in [7, 11) is 1.75. The minimum absolute atomic E-state index is 0.0762. The van der Waals surface area contributed by atoms with Crippen molar-refractivity contribution in [2.75, 3.05) is 32.1 Å². The molecule has 0 aromatic heterocycles. The van der Waals surface area contributed by atoms with E-state index in [2.05, 4.69) is 16.0 Å². The van der Waals surface area contributed by atoms with Gasteiger partial charge in [0.15, 0.2) is 0 Å². The summed E-state index contributed by atoms with van der Waals surface area (Å²) in [5.41, 5.74) is 3.31. The fourth-order valence-corrected chi connectivity index (χ4v) is 3.50. The van der Waals surface area contributed by atoms with Crippen molar-refractivity contribution in [1.82, 2.24) is 15.5 Å². The second-order valence-electron chi connectivity index (χ2n) is 7.64. The first kappa shape index (κ1) is 23.0. The van der Waals surface area contributed by atoms with Crippen LogP contribution < -0.4 is 16.0 Å². The van der Waals surface area contributed by atoms with Gasteiger partial charge in [0, 0.05) is 17.9 Å². The number of carbonyl (C=O) groups is 3. The number of ether oxygens (including phenoxy) is 1. The largest absolute Gasteiger partial charge is 0.463 e. The van der Waals surface area contributed by atoms with E-state index >= 15 is 0 Å². The Morgan fingerprint density at radius 1 is 1.09 bits per heavy atom. The van der Waals surface area contributed by atoms with Crippen molar-refractivity contribution >= 4 is 23.6 Å². The normalized spacial score (nSPS) is 15.8. The van der Waals surface area contributed by atoms with Gasteiger partial charge < -0.3 is 20.7 Å². The molecular weight excluding hydrogens is 408 g/mol. The minimum atomic E-state index is -0.645. The molecule has 0 saturated heterocycles. The average Bonchev–Trinajstić information content (AvgIpc) is 2.75. The maximum Gasteiger partial charge on any atom is 0.338 e. The van der Waals surface area contributed by atoms with Crippen LogP contribution in [0.3, 0.4) is 0 Å². The molecule has 1 aliphatic heterocycles. The predicted molar refractivity (Wildman–Crippen MR) is 122 cm³/mol. The Kier molecular flexibility index (Phi) is 7.62. The predicted octanol–water partition coefficient (Wildman–Crippen LogP) is 2.74. The van der Waals surface area contributed by atoms with Crippen LogP contribution in [0.15, 0.2) is 65.9 Å². The fraction of sp³-hybridized carbons (Fsp3) is 0.292. The summed E-state index contributed by atoms with van der Waals surface area (Å²) in [4.78, 5) is 39.3. The van der Waals surface area contributed by atoms with Crippen molar-refractivity contribution in [3.05, 3.63) is 77.0 Å². The molecule has 3 rings (SSSR count). The number of likely N-dealkylation sites (N-methyl/N-ethyl adjacent to an activating group) is 1. The third-order valence-electron chi connectivity index (χ3n) is 4.96. The Morgan fingerprint density at radius 2 is 1.78 bits per heavy atom. The van der Waals surface area contributed by atoms with Crippen LogP contribution in [-0.4, -0.2) is 49.6 Å². The van der Waals surface area contributed by atoms with Crippen molar-refractivity contribution in [3.63, 3.8) is 0 Å². The second kappa shape index (κ2) is 10.6. The van der Waals surface area contributed by atoms with E-state index in [4.69, 9.17) is 4.74 Å². The van der Waals surface area contributed by atoms with Gasteiger partial charge in [-0.2, -0.15) is 0 Å². The molecule has 0 fully saturated rings. The molecule has 0 radical (unpaired) electrons. The Hall–Kier alpha value is -3.65. The number of nitrogens with zero attached hydrogens (tertiary/aromatic N) is 1. The highest BCUT2D eigenvalue weighted by atomic mass is 16.5. The quantitative estimate of drug-likeness (QED) is 0.553. The SMILES string of the molecule is CCOC(=O)C1=C(CN(C)CC(=O)Nc2ccc(C)cc2)NC(=O)NC1c1ccccc1. The molecule has 32 heavy (non-hydrogen) atoms. The molecule has 2 aromatic carbocycles. The zero-order valence-electron chi connectivity index (χ0n) is 18.5. The number of carbonyl (C=O) groups excluding carboxylic acids is 3. The minimum Gasteiger partial charge on any atom is -0.463 e. The van der Waals surface area contributed by atoms with Crippen molar-refractivity contribution in [2.45, 2.75) is 19.9 Å². The Balaban J connectivity index is 1.79. The number of aryl methyl sites for hydroxylation is 1. The van der Waals surface area contributed by atoms with Gasteiger partial charge in [-0.25, -0.2) is 9.59 Å². The van der Waals surface area contributed by atoms with Crippen molar-refractivity contribution in [2.24, 2.45) is 0 Å². The van der Waals surface area contributed by atoms with Gasteiger partial charge in [-0.1, -0.05) is 48.0 Å². The maximum atomic E-state index is 12.8. The lowest BCUT2D eigenvalue weighted by Crippen LogP contribution is -2.48. The Morgan fingerprint density at radius 3 is 2.44 bits per heavy atom. The fourth-order valence-electron chi connectivity index (χ4n) is 3.50. The third kappa shape index (κ3) is 5.95. The molecule has 0 aliphatic carbocycles. The highest BCUT2D eigenvalue weighted by Gasteiger charge is 2.34. The number of nitrogens with one attached hydrogen (secondary N) is 3. The topological polar surface area (TPSA) is 99.8 Å². The van der Waals surface area contributed by atoms with Gasteiger partial charge in [-0.05, 0) is 38.6 Å². The monoisotopic (exact) mass is 436 g/mol. The summed E-state index contributed by atoms with van der Waals surface area (Å²) in [5.74, 6) is -0.712. The summed E-state index contributed by atoms with van der Waals surface area (Å²) < 4.78 is 5.26. The average molecular weight is 437 g/mol. The maximum absolute atomic E-state index is 12.8. The van der Waals surface area contributed by atoms with Crippen LogP contribution >= 0.6 is 0 Å². The summed E-state index contributed by atoms with van der Waals surface area (Å²) in [5, 5.41) is 8.36. The molecule has 1 aliphatic rings. The lowest BCUT2D eigenvalue weighted by Gasteiger charge is -2.31. The van der Waals surface area contributed by atoms with E-state index in [1.165, 1.54) is 0 Å². The second-order valence-corrected chi connectivity index (χ2v) is 7.64. The molecule has 1 unspecified atom stereocenters.